The largest absolute Gasteiger partial charge is 0.486 e. The van der Waals surface area contributed by atoms with Crippen LogP contribution in [0.5, 0.6) is 5.75 Å². The number of nitrogens with one attached hydrogen (secondary N) is 1. The molecule has 3 aromatic carbocycles. The second-order valence-corrected chi connectivity index (χ2v) is 7.41. The maximum Gasteiger partial charge on any atom is 0.291 e. The van der Waals surface area contributed by atoms with E-state index in [4.69, 9.17) is 9.15 Å². The van der Waals surface area contributed by atoms with Crippen LogP contribution in [0.15, 0.2) is 83.3 Å². The van der Waals surface area contributed by atoms with E-state index in [0.717, 1.165) is 34.3 Å². The molecule has 0 saturated heterocycles. The Labute approximate surface area is 175 Å². The number of amides is 1. The fourth-order valence-electron chi connectivity index (χ4n) is 3.29. The standard InChI is InChI=1S/C25H24N2O3/c1-27(2)16-20-9-5-6-10-23(20)26-25(28)24-14-13-22(30-24)17-29-21-12-11-18-7-3-4-8-19(18)15-21/h3-15H,16-17H2,1-2H3,(H,26,28). The van der Waals surface area contributed by atoms with Gasteiger partial charge in [-0.05, 0) is 60.8 Å². The summed E-state index contributed by atoms with van der Waals surface area (Å²) in [5.41, 5.74) is 1.82. The average Bonchev–Trinajstić information content (AvgIpc) is 3.22. The molecular formula is C25H24N2O3. The summed E-state index contributed by atoms with van der Waals surface area (Å²) in [4.78, 5) is 14.7. The van der Waals surface area contributed by atoms with E-state index in [-0.39, 0.29) is 18.3 Å². The number of carbonyl (C=O) groups excluding carboxylic acids is 1. The van der Waals surface area contributed by atoms with Crippen LogP contribution >= 0.6 is 0 Å². The highest BCUT2D eigenvalue weighted by Crippen LogP contribution is 2.22. The van der Waals surface area contributed by atoms with Gasteiger partial charge in [0.2, 0.25) is 0 Å². The Morgan fingerprint density at radius 2 is 1.70 bits per heavy atom. The molecule has 1 aromatic heterocycles. The monoisotopic (exact) mass is 400 g/mol. The first-order chi connectivity index (χ1) is 14.6. The highest BCUT2D eigenvalue weighted by Gasteiger charge is 2.14. The molecule has 0 radical (unpaired) electrons. The molecule has 1 heterocycles. The molecule has 0 aliphatic carbocycles. The quantitative estimate of drug-likeness (QED) is 0.456. The van der Waals surface area contributed by atoms with E-state index in [1.807, 2.05) is 74.8 Å². The van der Waals surface area contributed by atoms with Gasteiger partial charge in [0.15, 0.2) is 5.76 Å². The molecule has 0 atom stereocenters. The Kier molecular flexibility index (Phi) is 5.82. The van der Waals surface area contributed by atoms with Crippen LogP contribution in [0.1, 0.15) is 21.9 Å². The summed E-state index contributed by atoms with van der Waals surface area (Å²) in [5, 5.41) is 5.22. The second kappa shape index (κ2) is 8.84. The van der Waals surface area contributed by atoms with Gasteiger partial charge in [0.25, 0.3) is 5.91 Å². The number of para-hydroxylation sites is 1. The Morgan fingerprint density at radius 3 is 2.53 bits per heavy atom. The van der Waals surface area contributed by atoms with Gasteiger partial charge >= 0.3 is 0 Å². The molecule has 30 heavy (non-hydrogen) atoms. The number of hydrogen-bond acceptors (Lipinski definition) is 4. The fourth-order valence-corrected chi connectivity index (χ4v) is 3.29. The minimum atomic E-state index is -0.279. The van der Waals surface area contributed by atoms with E-state index >= 15 is 0 Å². The van der Waals surface area contributed by atoms with Gasteiger partial charge in [-0.1, -0.05) is 48.5 Å². The fraction of sp³-hybridized carbons (Fsp3) is 0.160. The van der Waals surface area contributed by atoms with Crippen LogP contribution in [0.2, 0.25) is 0 Å². The summed E-state index contributed by atoms with van der Waals surface area (Å²) in [7, 11) is 3.99. The van der Waals surface area contributed by atoms with Crippen molar-refractivity contribution >= 4 is 22.4 Å². The van der Waals surface area contributed by atoms with Crippen molar-refractivity contribution in [1.29, 1.82) is 0 Å². The van der Waals surface area contributed by atoms with Gasteiger partial charge in [-0.2, -0.15) is 0 Å². The number of hydrogen-bond donors (Lipinski definition) is 1. The molecule has 0 fully saturated rings. The molecule has 0 saturated carbocycles. The minimum Gasteiger partial charge on any atom is -0.486 e. The van der Waals surface area contributed by atoms with Gasteiger partial charge in [-0.15, -0.1) is 0 Å². The normalized spacial score (nSPS) is 11.0. The first-order valence-electron chi connectivity index (χ1n) is 9.83. The summed E-state index contributed by atoms with van der Waals surface area (Å²) in [5.74, 6) is 1.33. The van der Waals surface area contributed by atoms with Crippen LogP contribution in [0.25, 0.3) is 10.8 Å². The number of anilines is 1. The molecule has 5 heteroatoms. The SMILES string of the molecule is CN(C)Cc1ccccc1NC(=O)c1ccc(COc2ccc3ccccc3c2)o1. The molecule has 0 aliphatic rings. The summed E-state index contributed by atoms with van der Waals surface area (Å²) in [6, 6.07) is 25.3. The van der Waals surface area contributed by atoms with Crippen LogP contribution in [-0.4, -0.2) is 24.9 Å². The molecule has 4 rings (SSSR count). The third-order valence-corrected chi connectivity index (χ3v) is 4.74. The maximum atomic E-state index is 12.6. The van der Waals surface area contributed by atoms with Crippen LogP contribution in [0, 0.1) is 0 Å². The minimum absolute atomic E-state index is 0.253. The third-order valence-electron chi connectivity index (χ3n) is 4.74. The second-order valence-electron chi connectivity index (χ2n) is 7.41. The summed E-state index contributed by atoms with van der Waals surface area (Å²) in [6.07, 6.45) is 0. The van der Waals surface area contributed by atoms with E-state index in [9.17, 15) is 4.79 Å². The zero-order valence-corrected chi connectivity index (χ0v) is 17.1. The molecule has 0 bridgehead atoms. The molecule has 1 N–H and O–H groups in total. The van der Waals surface area contributed by atoms with Gasteiger partial charge in [0.1, 0.15) is 18.1 Å². The molecule has 5 nitrogen and oxygen atoms in total. The first-order valence-corrected chi connectivity index (χ1v) is 9.83. The van der Waals surface area contributed by atoms with E-state index in [0.29, 0.717) is 5.76 Å². The Bertz CT molecular complexity index is 1160. The molecule has 4 aromatic rings. The number of furan rings is 1. The summed E-state index contributed by atoms with van der Waals surface area (Å²) >= 11 is 0. The van der Waals surface area contributed by atoms with Crippen LogP contribution < -0.4 is 10.1 Å². The molecule has 1 amide bonds. The first kappa shape index (κ1) is 19.7. The Balaban J connectivity index is 1.40. The van der Waals surface area contributed by atoms with E-state index in [1.165, 1.54) is 0 Å². The molecular weight excluding hydrogens is 376 g/mol. The van der Waals surface area contributed by atoms with Crippen LogP contribution in [0.3, 0.4) is 0 Å². The van der Waals surface area contributed by atoms with Gasteiger partial charge in [-0.25, -0.2) is 0 Å². The van der Waals surface area contributed by atoms with Gasteiger partial charge in [0, 0.05) is 12.2 Å². The van der Waals surface area contributed by atoms with Crippen molar-refractivity contribution in [2.24, 2.45) is 0 Å². The van der Waals surface area contributed by atoms with E-state index in [2.05, 4.69) is 16.3 Å². The zero-order valence-electron chi connectivity index (χ0n) is 17.1. The van der Waals surface area contributed by atoms with Gasteiger partial charge in [0.05, 0.1) is 0 Å². The Hall–Kier alpha value is -3.57. The predicted octanol–water partition coefficient (Wildman–Crippen LogP) is 5.33. The highest BCUT2D eigenvalue weighted by atomic mass is 16.5. The number of fused-ring (bicyclic) bond motifs is 1. The van der Waals surface area contributed by atoms with E-state index < -0.39 is 0 Å². The van der Waals surface area contributed by atoms with Crippen molar-refractivity contribution in [3.05, 3.63) is 95.9 Å². The lowest BCUT2D eigenvalue weighted by Crippen LogP contribution is -2.16. The average molecular weight is 400 g/mol. The number of nitrogens with zero attached hydrogens (tertiary/aromatic N) is 1. The van der Waals surface area contributed by atoms with Crippen LogP contribution in [0.4, 0.5) is 5.69 Å². The van der Waals surface area contributed by atoms with Gasteiger partial charge in [-0.3, -0.25) is 4.79 Å². The van der Waals surface area contributed by atoms with Crippen molar-refractivity contribution in [2.75, 3.05) is 19.4 Å². The van der Waals surface area contributed by atoms with Crippen molar-refractivity contribution in [2.45, 2.75) is 13.2 Å². The molecule has 0 unspecified atom stereocenters. The van der Waals surface area contributed by atoms with Gasteiger partial charge < -0.3 is 19.4 Å². The summed E-state index contributed by atoms with van der Waals surface area (Å²) < 4.78 is 11.5. The third kappa shape index (κ3) is 4.70. The molecule has 0 aliphatic heterocycles. The topological polar surface area (TPSA) is 54.7 Å². The number of benzene rings is 3. The summed E-state index contributed by atoms with van der Waals surface area (Å²) in [6.45, 7) is 0.988. The number of rotatable bonds is 7. The maximum absolute atomic E-state index is 12.6. The van der Waals surface area contributed by atoms with Crippen molar-refractivity contribution in [3.63, 3.8) is 0 Å². The molecule has 0 spiro atoms. The van der Waals surface area contributed by atoms with Crippen molar-refractivity contribution in [1.82, 2.24) is 4.90 Å². The number of ether oxygens (including phenoxy) is 1. The predicted molar refractivity (Wildman–Crippen MR) is 119 cm³/mol. The van der Waals surface area contributed by atoms with E-state index in [1.54, 1.807) is 12.1 Å². The lowest BCUT2D eigenvalue weighted by molar-refractivity contribution is 0.0992. The zero-order chi connectivity index (χ0) is 20.9. The number of carbonyl (C=O) groups is 1. The smallest absolute Gasteiger partial charge is 0.291 e. The Morgan fingerprint density at radius 1 is 0.933 bits per heavy atom. The lowest BCUT2D eigenvalue weighted by atomic mass is 10.1. The lowest BCUT2D eigenvalue weighted by Gasteiger charge is -2.14. The van der Waals surface area contributed by atoms with Crippen molar-refractivity contribution < 1.29 is 13.9 Å². The van der Waals surface area contributed by atoms with Crippen LogP contribution in [-0.2, 0) is 13.2 Å². The van der Waals surface area contributed by atoms with Crippen molar-refractivity contribution in [3.8, 4) is 5.75 Å². The molecule has 152 valence electrons. The highest BCUT2D eigenvalue weighted by molar-refractivity contribution is 6.02.